The minimum Gasteiger partial charge on any atom is -0.478 e. The van der Waals surface area contributed by atoms with E-state index in [1.165, 1.54) is 0 Å². The highest BCUT2D eigenvalue weighted by Gasteiger charge is 2.46. The van der Waals surface area contributed by atoms with Crippen LogP contribution in [-0.2, 0) is 12.4 Å². The van der Waals surface area contributed by atoms with Gasteiger partial charge in [-0.3, -0.25) is 4.98 Å². The number of halogens is 6. The zero-order chi connectivity index (χ0) is 13.4. The molecule has 0 aliphatic heterocycles. The Balaban J connectivity index is 3.64. The van der Waals surface area contributed by atoms with Gasteiger partial charge in [-0.15, -0.1) is 0 Å². The second kappa shape index (κ2) is 3.90. The van der Waals surface area contributed by atoms with Crippen LogP contribution in [0.5, 0.6) is 0 Å². The zero-order valence-corrected chi connectivity index (χ0v) is 7.73. The Hall–Kier alpha value is -1.80. The Morgan fingerprint density at radius 2 is 1.59 bits per heavy atom. The molecule has 94 valence electrons. The molecule has 0 bridgehead atoms. The molecule has 0 aliphatic carbocycles. The van der Waals surface area contributed by atoms with Gasteiger partial charge in [0.15, 0.2) is 0 Å². The number of hydrogen-bond donors (Lipinski definition) is 1. The maximum absolute atomic E-state index is 12.4. The Bertz CT molecular complexity index is 450. The Labute approximate surface area is 89.7 Å². The number of rotatable bonds is 1. The maximum Gasteiger partial charge on any atom is 0.418 e. The second-order valence-corrected chi connectivity index (χ2v) is 2.91. The predicted octanol–water partition coefficient (Wildman–Crippen LogP) is 2.82. The molecular formula is C8H3F6NO2. The lowest BCUT2D eigenvalue weighted by Crippen LogP contribution is -2.21. The Kier molecular flexibility index (Phi) is 3.04. The molecular weight excluding hydrogens is 256 g/mol. The normalized spacial score (nSPS) is 12.6. The first-order chi connectivity index (χ1) is 7.55. The molecule has 0 saturated carbocycles. The van der Waals surface area contributed by atoms with Gasteiger partial charge in [-0.1, -0.05) is 0 Å². The molecule has 0 aliphatic rings. The lowest BCUT2D eigenvalue weighted by atomic mass is 10.0. The van der Waals surface area contributed by atoms with Gasteiger partial charge in [0.2, 0.25) is 0 Å². The van der Waals surface area contributed by atoms with Gasteiger partial charge in [-0.25, -0.2) is 4.79 Å². The fourth-order valence-electron chi connectivity index (χ4n) is 1.14. The highest BCUT2D eigenvalue weighted by atomic mass is 19.4. The Morgan fingerprint density at radius 1 is 1.06 bits per heavy atom. The van der Waals surface area contributed by atoms with E-state index >= 15 is 0 Å². The summed E-state index contributed by atoms with van der Waals surface area (Å²) in [6, 6.07) is 0. The lowest BCUT2D eigenvalue weighted by molar-refractivity contribution is -0.162. The van der Waals surface area contributed by atoms with Crippen molar-refractivity contribution in [1.82, 2.24) is 4.98 Å². The number of hydrogen-bond acceptors (Lipinski definition) is 2. The van der Waals surface area contributed by atoms with E-state index in [0.717, 1.165) is 0 Å². The summed E-state index contributed by atoms with van der Waals surface area (Å²) in [6.07, 6.45) is -10.6. The van der Waals surface area contributed by atoms with Gasteiger partial charge < -0.3 is 5.11 Å². The molecule has 1 aromatic heterocycles. The van der Waals surface area contributed by atoms with Crippen LogP contribution in [-0.4, -0.2) is 16.1 Å². The first-order valence-electron chi connectivity index (χ1n) is 3.91. The average molecular weight is 259 g/mol. The molecule has 0 amide bonds. The number of aromatic nitrogens is 1. The third-order valence-electron chi connectivity index (χ3n) is 1.77. The first kappa shape index (κ1) is 13.3. The van der Waals surface area contributed by atoms with Crippen LogP contribution in [0.1, 0.15) is 21.5 Å². The van der Waals surface area contributed by atoms with E-state index in [2.05, 4.69) is 4.98 Å². The number of nitrogens with zero attached hydrogens (tertiary/aromatic N) is 1. The molecule has 1 aromatic rings. The van der Waals surface area contributed by atoms with Crippen molar-refractivity contribution in [2.24, 2.45) is 0 Å². The van der Waals surface area contributed by atoms with Gasteiger partial charge in [0, 0.05) is 12.4 Å². The van der Waals surface area contributed by atoms with Crippen molar-refractivity contribution in [3.63, 3.8) is 0 Å². The number of pyridine rings is 1. The van der Waals surface area contributed by atoms with Crippen molar-refractivity contribution < 1.29 is 36.2 Å². The van der Waals surface area contributed by atoms with E-state index < -0.39 is 35.0 Å². The summed E-state index contributed by atoms with van der Waals surface area (Å²) in [5, 5.41) is 8.41. The minimum atomic E-state index is -5.43. The maximum atomic E-state index is 12.4. The van der Waals surface area contributed by atoms with Crippen LogP contribution in [0.25, 0.3) is 0 Å². The van der Waals surface area contributed by atoms with E-state index in [9.17, 15) is 31.1 Å². The monoisotopic (exact) mass is 259 g/mol. The van der Waals surface area contributed by atoms with E-state index in [-0.39, 0.29) is 12.4 Å². The average Bonchev–Trinajstić information content (AvgIpc) is 2.13. The number of carboxylic acids is 1. The molecule has 0 spiro atoms. The molecule has 1 N–H and O–H groups in total. The molecule has 0 aromatic carbocycles. The van der Waals surface area contributed by atoms with E-state index in [0.29, 0.717) is 0 Å². The van der Waals surface area contributed by atoms with E-state index in [1.807, 2.05) is 0 Å². The van der Waals surface area contributed by atoms with Gasteiger partial charge in [0.05, 0.1) is 16.7 Å². The van der Waals surface area contributed by atoms with Gasteiger partial charge in [0.25, 0.3) is 0 Å². The van der Waals surface area contributed by atoms with Gasteiger partial charge in [-0.2, -0.15) is 26.3 Å². The topological polar surface area (TPSA) is 50.2 Å². The van der Waals surface area contributed by atoms with Gasteiger partial charge in [-0.05, 0) is 0 Å². The molecule has 0 radical (unpaired) electrons. The van der Waals surface area contributed by atoms with Gasteiger partial charge >= 0.3 is 18.3 Å². The minimum absolute atomic E-state index is 0.0603. The summed E-state index contributed by atoms with van der Waals surface area (Å²) >= 11 is 0. The smallest absolute Gasteiger partial charge is 0.418 e. The largest absolute Gasteiger partial charge is 0.478 e. The standard InChI is InChI=1S/C8H3F6NO2/c9-7(10,11)4-2-15-1-3(6(16)17)5(4)8(12,13)14/h1-2H,(H,16,17). The van der Waals surface area contributed by atoms with Crippen LogP contribution in [0.4, 0.5) is 26.3 Å². The molecule has 1 rings (SSSR count). The molecule has 0 atom stereocenters. The quantitative estimate of drug-likeness (QED) is 0.789. The highest BCUT2D eigenvalue weighted by Crippen LogP contribution is 2.41. The molecule has 0 saturated heterocycles. The van der Waals surface area contributed by atoms with Gasteiger partial charge in [0.1, 0.15) is 0 Å². The summed E-state index contributed by atoms with van der Waals surface area (Å²) < 4.78 is 74.1. The van der Waals surface area contributed by atoms with E-state index in [4.69, 9.17) is 5.11 Å². The predicted molar refractivity (Wildman–Crippen MR) is 41.2 cm³/mol. The summed E-state index contributed by atoms with van der Waals surface area (Å²) in [6.45, 7) is 0. The number of alkyl halides is 6. The molecule has 9 heteroatoms. The molecule has 0 unspecified atom stereocenters. The molecule has 1 heterocycles. The van der Waals surface area contributed by atoms with Crippen molar-refractivity contribution in [2.75, 3.05) is 0 Å². The second-order valence-electron chi connectivity index (χ2n) is 2.91. The fraction of sp³-hybridized carbons (Fsp3) is 0.250. The Morgan fingerprint density at radius 3 is 1.94 bits per heavy atom. The third-order valence-corrected chi connectivity index (χ3v) is 1.77. The summed E-state index contributed by atoms with van der Waals surface area (Å²) in [7, 11) is 0. The summed E-state index contributed by atoms with van der Waals surface area (Å²) in [4.78, 5) is 13.3. The van der Waals surface area contributed by atoms with Crippen LogP contribution >= 0.6 is 0 Å². The third kappa shape index (κ3) is 2.66. The fourth-order valence-corrected chi connectivity index (χ4v) is 1.14. The number of carboxylic acid groups (broad SMARTS) is 1. The summed E-state index contributed by atoms with van der Waals surface area (Å²) in [5.41, 5.74) is -5.90. The molecule has 3 nitrogen and oxygen atoms in total. The molecule has 0 fully saturated rings. The van der Waals surface area contributed by atoms with E-state index in [1.54, 1.807) is 0 Å². The SMILES string of the molecule is O=C(O)c1cncc(C(F)(F)F)c1C(F)(F)F. The van der Waals surface area contributed by atoms with Crippen LogP contribution in [0.15, 0.2) is 12.4 Å². The van der Waals surface area contributed by atoms with Crippen LogP contribution in [0, 0.1) is 0 Å². The number of aromatic carboxylic acids is 1. The van der Waals surface area contributed by atoms with Crippen molar-refractivity contribution >= 4 is 5.97 Å². The van der Waals surface area contributed by atoms with Crippen LogP contribution < -0.4 is 0 Å². The van der Waals surface area contributed by atoms with Crippen LogP contribution in [0.3, 0.4) is 0 Å². The molecule has 17 heavy (non-hydrogen) atoms. The van der Waals surface area contributed by atoms with Crippen molar-refractivity contribution in [2.45, 2.75) is 12.4 Å². The number of carbonyl (C=O) groups is 1. The highest BCUT2D eigenvalue weighted by molar-refractivity contribution is 5.89. The van der Waals surface area contributed by atoms with Crippen molar-refractivity contribution in [3.8, 4) is 0 Å². The van der Waals surface area contributed by atoms with Crippen molar-refractivity contribution in [1.29, 1.82) is 0 Å². The zero-order valence-electron chi connectivity index (χ0n) is 7.73. The van der Waals surface area contributed by atoms with Crippen LogP contribution in [0.2, 0.25) is 0 Å². The summed E-state index contributed by atoms with van der Waals surface area (Å²) in [5.74, 6) is -2.13. The lowest BCUT2D eigenvalue weighted by Gasteiger charge is -2.16. The first-order valence-corrected chi connectivity index (χ1v) is 3.91. The van der Waals surface area contributed by atoms with Crippen molar-refractivity contribution in [3.05, 3.63) is 29.1 Å².